The third kappa shape index (κ3) is 3.61. The smallest absolute Gasteiger partial charge is 0.312 e. The summed E-state index contributed by atoms with van der Waals surface area (Å²) in [6.45, 7) is 1.03. The van der Waals surface area contributed by atoms with E-state index in [0.717, 1.165) is 0 Å². The lowest BCUT2D eigenvalue weighted by Crippen LogP contribution is -2.33. The quantitative estimate of drug-likeness (QED) is 0.497. The van der Waals surface area contributed by atoms with Crippen molar-refractivity contribution in [2.24, 2.45) is 5.73 Å². The van der Waals surface area contributed by atoms with Crippen LogP contribution in [0, 0.1) is 0 Å². The molecule has 0 saturated heterocycles. The summed E-state index contributed by atoms with van der Waals surface area (Å²) < 4.78 is 0. The first-order valence-corrected chi connectivity index (χ1v) is 4.17. The zero-order chi connectivity index (χ0) is 10.4. The van der Waals surface area contributed by atoms with Crippen molar-refractivity contribution in [3.8, 4) is 0 Å². The normalized spacial score (nSPS) is 9.43. The average molecular weight is 195 g/mol. The minimum absolute atomic E-state index is 0.460. The Balaban J connectivity index is 2.25. The van der Waals surface area contributed by atoms with Crippen molar-refractivity contribution < 1.29 is 4.79 Å². The van der Waals surface area contributed by atoms with E-state index in [0.29, 0.717) is 24.6 Å². The van der Waals surface area contributed by atoms with E-state index in [-0.39, 0.29) is 0 Å². The molecule has 1 aromatic heterocycles. The van der Waals surface area contributed by atoms with Crippen LogP contribution in [0.2, 0.25) is 0 Å². The van der Waals surface area contributed by atoms with E-state index in [1.165, 1.54) is 0 Å². The molecule has 0 fully saturated rings. The number of amides is 2. The molecule has 6 N–H and O–H groups in total. The van der Waals surface area contributed by atoms with Gasteiger partial charge in [-0.2, -0.15) is 0 Å². The van der Waals surface area contributed by atoms with Gasteiger partial charge in [0.25, 0.3) is 0 Å². The van der Waals surface area contributed by atoms with E-state index >= 15 is 0 Å². The summed E-state index contributed by atoms with van der Waals surface area (Å²) in [7, 11) is 0. The highest BCUT2D eigenvalue weighted by molar-refractivity contribution is 5.71. The van der Waals surface area contributed by atoms with Gasteiger partial charge in [-0.25, -0.2) is 9.78 Å². The number of nitrogens with two attached hydrogens (primary N) is 2. The second-order valence-electron chi connectivity index (χ2n) is 2.69. The van der Waals surface area contributed by atoms with Gasteiger partial charge in [0, 0.05) is 13.1 Å². The van der Waals surface area contributed by atoms with Crippen molar-refractivity contribution in [2.75, 3.05) is 24.1 Å². The maximum absolute atomic E-state index is 10.3. The van der Waals surface area contributed by atoms with Gasteiger partial charge in [-0.1, -0.05) is 0 Å². The summed E-state index contributed by atoms with van der Waals surface area (Å²) in [6.07, 6.45) is 1.56. The minimum atomic E-state index is -0.530. The van der Waals surface area contributed by atoms with Gasteiger partial charge in [0.2, 0.25) is 0 Å². The van der Waals surface area contributed by atoms with E-state index in [2.05, 4.69) is 15.6 Å². The van der Waals surface area contributed by atoms with Crippen molar-refractivity contribution in [2.45, 2.75) is 0 Å². The fraction of sp³-hybridized carbons (Fsp3) is 0.250. The van der Waals surface area contributed by atoms with Crippen molar-refractivity contribution in [1.29, 1.82) is 0 Å². The first-order valence-electron chi connectivity index (χ1n) is 4.17. The topological polar surface area (TPSA) is 106 Å². The van der Waals surface area contributed by atoms with Crippen LogP contribution in [0.4, 0.5) is 16.3 Å². The molecule has 0 radical (unpaired) electrons. The van der Waals surface area contributed by atoms with Crippen LogP contribution in [-0.4, -0.2) is 24.1 Å². The molecule has 0 aliphatic carbocycles. The Morgan fingerprint density at radius 1 is 1.43 bits per heavy atom. The number of hydrogen-bond donors (Lipinski definition) is 4. The number of hydrogen-bond acceptors (Lipinski definition) is 4. The van der Waals surface area contributed by atoms with E-state index in [9.17, 15) is 4.79 Å². The van der Waals surface area contributed by atoms with Gasteiger partial charge in [-0.05, 0) is 12.1 Å². The van der Waals surface area contributed by atoms with E-state index in [1.54, 1.807) is 18.3 Å². The largest absolute Gasteiger partial charge is 0.397 e. The number of carbonyl (C=O) groups excluding carboxylic acids is 1. The molecular formula is C8H13N5O. The molecule has 14 heavy (non-hydrogen) atoms. The zero-order valence-corrected chi connectivity index (χ0v) is 7.66. The summed E-state index contributed by atoms with van der Waals surface area (Å²) in [4.78, 5) is 14.3. The molecule has 2 amide bonds. The first-order chi connectivity index (χ1) is 6.68. The van der Waals surface area contributed by atoms with Gasteiger partial charge in [0.1, 0.15) is 5.82 Å². The maximum atomic E-state index is 10.3. The SMILES string of the molecule is NC(=O)NCCNc1ccc(N)cn1. The van der Waals surface area contributed by atoms with Crippen LogP contribution in [0.25, 0.3) is 0 Å². The van der Waals surface area contributed by atoms with Crippen molar-refractivity contribution in [1.82, 2.24) is 10.3 Å². The lowest BCUT2D eigenvalue weighted by atomic mass is 10.4. The highest BCUT2D eigenvalue weighted by Gasteiger charge is 1.93. The molecule has 0 saturated carbocycles. The molecule has 1 heterocycles. The third-order valence-corrected chi connectivity index (χ3v) is 1.52. The van der Waals surface area contributed by atoms with Crippen LogP contribution in [0.15, 0.2) is 18.3 Å². The lowest BCUT2D eigenvalue weighted by Gasteiger charge is -2.05. The molecule has 0 aliphatic heterocycles. The number of nitrogens with zero attached hydrogens (tertiary/aromatic N) is 1. The van der Waals surface area contributed by atoms with Crippen LogP contribution < -0.4 is 22.1 Å². The lowest BCUT2D eigenvalue weighted by molar-refractivity contribution is 0.249. The number of primary amides is 1. The standard InChI is InChI=1S/C8H13N5O/c9-6-1-2-7(13-5-6)11-3-4-12-8(10)14/h1-2,5H,3-4,9H2,(H,11,13)(H3,10,12,14). The molecule has 6 nitrogen and oxygen atoms in total. The molecule has 0 aliphatic rings. The van der Waals surface area contributed by atoms with Crippen LogP contribution in [0.5, 0.6) is 0 Å². The van der Waals surface area contributed by atoms with E-state index < -0.39 is 6.03 Å². The first kappa shape index (κ1) is 10.1. The molecule has 0 unspecified atom stereocenters. The number of nitrogen functional groups attached to an aromatic ring is 1. The van der Waals surface area contributed by atoms with Crippen LogP contribution >= 0.6 is 0 Å². The number of carbonyl (C=O) groups is 1. The van der Waals surface area contributed by atoms with Crippen molar-refractivity contribution in [3.05, 3.63) is 18.3 Å². The molecular weight excluding hydrogens is 182 g/mol. The molecule has 1 aromatic rings. The number of anilines is 2. The zero-order valence-electron chi connectivity index (χ0n) is 7.66. The number of aromatic nitrogens is 1. The summed E-state index contributed by atoms with van der Waals surface area (Å²) in [5.74, 6) is 0.713. The maximum Gasteiger partial charge on any atom is 0.312 e. The Morgan fingerprint density at radius 2 is 2.21 bits per heavy atom. The third-order valence-electron chi connectivity index (χ3n) is 1.52. The van der Waals surface area contributed by atoms with Crippen LogP contribution in [0.3, 0.4) is 0 Å². The summed E-state index contributed by atoms with van der Waals surface area (Å²) >= 11 is 0. The number of nitrogens with one attached hydrogen (secondary N) is 2. The monoisotopic (exact) mass is 195 g/mol. The molecule has 0 aromatic carbocycles. The van der Waals surface area contributed by atoms with Crippen LogP contribution in [-0.2, 0) is 0 Å². The second-order valence-corrected chi connectivity index (χ2v) is 2.69. The van der Waals surface area contributed by atoms with Gasteiger partial charge in [0.15, 0.2) is 0 Å². The van der Waals surface area contributed by atoms with Crippen LogP contribution in [0.1, 0.15) is 0 Å². The molecule has 6 heteroatoms. The van der Waals surface area contributed by atoms with E-state index in [4.69, 9.17) is 11.5 Å². The highest BCUT2D eigenvalue weighted by atomic mass is 16.2. The Kier molecular flexibility index (Phi) is 3.54. The van der Waals surface area contributed by atoms with Crippen molar-refractivity contribution in [3.63, 3.8) is 0 Å². The molecule has 0 spiro atoms. The second kappa shape index (κ2) is 4.90. The summed E-state index contributed by atoms with van der Waals surface area (Å²) in [5.41, 5.74) is 11.0. The van der Waals surface area contributed by atoms with E-state index in [1.807, 2.05) is 0 Å². The predicted molar refractivity (Wildman–Crippen MR) is 54.7 cm³/mol. The van der Waals surface area contributed by atoms with Crippen molar-refractivity contribution >= 4 is 17.5 Å². The average Bonchev–Trinajstić information content (AvgIpc) is 2.15. The molecule has 1 rings (SSSR count). The predicted octanol–water partition coefficient (Wildman–Crippen LogP) is -0.256. The van der Waals surface area contributed by atoms with Gasteiger partial charge >= 0.3 is 6.03 Å². The minimum Gasteiger partial charge on any atom is -0.397 e. The Morgan fingerprint density at radius 3 is 2.79 bits per heavy atom. The Labute approximate surface area is 81.7 Å². The van der Waals surface area contributed by atoms with Gasteiger partial charge in [-0.3, -0.25) is 0 Å². The Bertz CT molecular complexity index is 297. The highest BCUT2D eigenvalue weighted by Crippen LogP contribution is 2.04. The molecule has 0 bridgehead atoms. The fourth-order valence-corrected chi connectivity index (χ4v) is 0.886. The fourth-order valence-electron chi connectivity index (χ4n) is 0.886. The van der Waals surface area contributed by atoms with Gasteiger partial charge in [0.05, 0.1) is 11.9 Å². The molecule has 76 valence electrons. The summed E-state index contributed by atoms with van der Waals surface area (Å²) in [6, 6.07) is 2.98. The summed E-state index contributed by atoms with van der Waals surface area (Å²) in [5, 5.41) is 5.44. The van der Waals surface area contributed by atoms with Gasteiger partial charge < -0.3 is 22.1 Å². The Hall–Kier alpha value is -1.98. The number of pyridine rings is 1. The molecule has 0 atom stereocenters. The van der Waals surface area contributed by atoms with Gasteiger partial charge in [-0.15, -0.1) is 0 Å². The number of urea groups is 1. The number of rotatable bonds is 4.